The summed E-state index contributed by atoms with van der Waals surface area (Å²) in [6.07, 6.45) is 4.17. The minimum Gasteiger partial charge on any atom is -0.496 e. The van der Waals surface area contributed by atoms with Crippen LogP contribution in [0.2, 0.25) is 0 Å². The van der Waals surface area contributed by atoms with Crippen molar-refractivity contribution in [2.24, 2.45) is 17.3 Å². The molecule has 1 spiro atoms. The first-order valence-corrected chi connectivity index (χ1v) is 9.19. The Kier molecular flexibility index (Phi) is 5.14. The van der Waals surface area contributed by atoms with Crippen molar-refractivity contribution in [2.75, 3.05) is 20.2 Å². The molecule has 1 aliphatic carbocycles. The van der Waals surface area contributed by atoms with Crippen molar-refractivity contribution < 1.29 is 9.53 Å². The van der Waals surface area contributed by atoms with Crippen molar-refractivity contribution in [3.05, 3.63) is 29.8 Å². The normalized spacial score (nSPS) is 23.1. The van der Waals surface area contributed by atoms with Gasteiger partial charge in [0.1, 0.15) is 5.75 Å². The highest BCUT2D eigenvalue weighted by Gasteiger charge is 2.57. The van der Waals surface area contributed by atoms with Gasteiger partial charge in [-0.15, -0.1) is 0 Å². The Hall–Kier alpha value is -1.55. The summed E-state index contributed by atoms with van der Waals surface area (Å²) in [5, 5.41) is 6.73. The lowest BCUT2D eigenvalue weighted by atomic mass is 9.91. The second-order valence-corrected chi connectivity index (χ2v) is 7.74. The van der Waals surface area contributed by atoms with Crippen molar-refractivity contribution in [1.82, 2.24) is 10.6 Å². The molecular weight excluding hydrogens is 300 g/mol. The van der Waals surface area contributed by atoms with E-state index in [9.17, 15) is 4.79 Å². The number of carbonyl (C=O) groups excluding carboxylic acids is 1. The summed E-state index contributed by atoms with van der Waals surface area (Å²) >= 11 is 0. The van der Waals surface area contributed by atoms with Gasteiger partial charge >= 0.3 is 0 Å². The summed E-state index contributed by atoms with van der Waals surface area (Å²) in [6, 6.07) is 8.23. The van der Waals surface area contributed by atoms with Gasteiger partial charge in [0, 0.05) is 12.0 Å². The van der Waals surface area contributed by atoms with Crippen molar-refractivity contribution in [3.8, 4) is 5.75 Å². The van der Waals surface area contributed by atoms with Gasteiger partial charge < -0.3 is 15.4 Å². The number of benzene rings is 1. The molecule has 1 saturated carbocycles. The van der Waals surface area contributed by atoms with E-state index in [1.54, 1.807) is 7.11 Å². The minimum absolute atomic E-state index is 0.146. The fourth-order valence-electron chi connectivity index (χ4n) is 4.04. The number of methoxy groups -OCH3 is 1. The minimum atomic E-state index is 0.146. The molecule has 2 aliphatic rings. The van der Waals surface area contributed by atoms with Gasteiger partial charge in [-0.1, -0.05) is 32.0 Å². The Morgan fingerprint density at radius 1 is 1.33 bits per heavy atom. The zero-order valence-electron chi connectivity index (χ0n) is 15.1. The average Bonchev–Trinajstić information content (AvgIpc) is 3.28. The molecule has 2 N–H and O–H groups in total. The van der Waals surface area contributed by atoms with Gasteiger partial charge in [-0.2, -0.15) is 0 Å². The predicted octanol–water partition coefficient (Wildman–Crippen LogP) is 2.77. The number of hydrogen-bond acceptors (Lipinski definition) is 3. The highest BCUT2D eigenvalue weighted by Crippen LogP contribution is 2.58. The van der Waals surface area contributed by atoms with Crippen LogP contribution in [0.3, 0.4) is 0 Å². The van der Waals surface area contributed by atoms with Crippen LogP contribution in [0.4, 0.5) is 0 Å². The predicted molar refractivity (Wildman–Crippen MR) is 96.1 cm³/mol. The third-order valence-corrected chi connectivity index (χ3v) is 5.87. The third kappa shape index (κ3) is 3.59. The van der Waals surface area contributed by atoms with Crippen LogP contribution in [0, 0.1) is 17.3 Å². The summed E-state index contributed by atoms with van der Waals surface area (Å²) in [4.78, 5) is 12.8. The van der Waals surface area contributed by atoms with E-state index in [2.05, 4.69) is 30.5 Å². The number of nitrogens with one attached hydrogen (secondary N) is 2. The Bertz CT molecular complexity index is 579. The first-order chi connectivity index (χ1) is 11.6. The Morgan fingerprint density at radius 2 is 2.04 bits per heavy atom. The monoisotopic (exact) mass is 330 g/mol. The molecule has 1 aromatic carbocycles. The smallest absolute Gasteiger partial charge is 0.223 e. The summed E-state index contributed by atoms with van der Waals surface area (Å²) in [5.74, 6) is 1.77. The third-order valence-electron chi connectivity index (χ3n) is 5.87. The first-order valence-electron chi connectivity index (χ1n) is 9.19. The van der Waals surface area contributed by atoms with Gasteiger partial charge in [0.25, 0.3) is 0 Å². The second-order valence-electron chi connectivity index (χ2n) is 7.74. The largest absolute Gasteiger partial charge is 0.496 e. The first kappa shape index (κ1) is 17.3. The molecule has 1 aliphatic heterocycles. The van der Waals surface area contributed by atoms with E-state index < -0.39 is 0 Å². The van der Waals surface area contributed by atoms with Gasteiger partial charge in [-0.05, 0) is 61.7 Å². The van der Waals surface area contributed by atoms with Crippen molar-refractivity contribution in [2.45, 2.75) is 45.6 Å². The van der Waals surface area contributed by atoms with Crippen LogP contribution in [0.1, 0.15) is 38.7 Å². The average molecular weight is 330 g/mol. The summed E-state index contributed by atoms with van der Waals surface area (Å²) < 4.78 is 5.46. The lowest BCUT2D eigenvalue weighted by Gasteiger charge is -2.26. The molecule has 0 bridgehead atoms. The van der Waals surface area contributed by atoms with Crippen LogP contribution in [0.25, 0.3) is 0 Å². The Morgan fingerprint density at radius 3 is 2.71 bits per heavy atom. The lowest BCUT2D eigenvalue weighted by molar-refractivity contribution is -0.124. The summed E-state index contributed by atoms with van der Waals surface area (Å²) in [6.45, 7) is 6.46. The SMILES string of the molecule is COc1ccccc1CC(NC(=O)C1CC12CCNCC2)C(C)C. The van der Waals surface area contributed by atoms with Gasteiger partial charge in [-0.25, -0.2) is 0 Å². The number of carbonyl (C=O) groups is 1. The summed E-state index contributed by atoms with van der Waals surface area (Å²) in [7, 11) is 1.70. The lowest BCUT2D eigenvalue weighted by Crippen LogP contribution is -2.42. The number of rotatable bonds is 6. The quantitative estimate of drug-likeness (QED) is 0.843. The van der Waals surface area contributed by atoms with Crippen LogP contribution in [0.5, 0.6) is 5.75 Å². The van der Waals surface area contributed by atoms with E-state index >= 15 is 0 Å². The molecule has 132 valence electrons. The van der Waals surface area contributed by atoms with E-state index in [4.69, 9.17) is 4.74 Å². The van der Waals surface area contributed by atoms with Gasteiger partial charge in [-0.3, -0.25) is 4.79 Å². The maximum atomic E-state index is 12.8. The van der Waals surface area contributed by atoms with Gasteiger partial charge in [0.2, 0.25) is 5.91 Å². The molecule has 1 aromatic rings. The highest BCUT2D eigenvalue weighted by molar-refractivity contribution is 5.83. The van der Waals surface area contributed by atoms with Gasteiger partial charge in [0.05, 0.1) is 7.11 Å². The fraction of sp³-hybridized carbons (Fsp3) is 0.650. The molecule has 3 rings (SSSR count). The molecule has 1 heterocycles. The zero-order chi connectivity index (χ0) is 17.2. The number of amides is 1. The molecule has 24 heavy (non-hydrogen) atoms. The van der Waals surface area contributed by atoms with Crippen LogP contribution in [-0.4, -0.2) is 32.1 Å². The van der Waals surface area contributed by atoms with Crippen LogP contribution in [-0.2, 0) is 11.2 Å². The zero-order valence-corrected chi connectivity index (χ0v) is 15.1. The molecule has 2 fully saturated rings. The number of ether oxygens (including phenoxy) is 1. The van der Waals surface area contributed by atoms with Crippen molar-refractivity contribution >= 4 is 5.91 Å². The molecule has 4 heteroatoms. The van der Waals surface area contributed by atoms with E-state index in [1.165, 1.54) is 0 Å². The highest BCUT2D eigenvalue weighted by atomic mass is 16.5. The molecule has 4 nitrogen and oxygen atoms in total. The molecule has 2 unspecified atom stereocenters. The van der Waals surface area contributed by atoms with E-state index in [0.717, 1.165) is 50.1 Å². The van der Waals surface area contributed by atoms with Crippen molar-refractivity contribution in [3.63, 3.8) is 0 Å². The molecule has 1 amide bonds. The van der Waals surface area contributed by atoms with Crippen LogP contribution < -0.4 is 15.4 Å². The topological polar surface area (TPSA) is 50.4 Å². The molecule has 1 saturated heterocycles. The second kappa shape index (κ2) is 7.14. The molecule has 0 aromatic heterocycles. The number of hydrogen-bond donors (Lipinski definition) is 2. The maximum Gasteiger partial charge on any atom is 0.223 e. The van der Waals surface area contributed by atoms with Crippen molar-refractivity contribution in [1.29, 1.82) is 0 Å². The summed E-state index contributed by atoms with van der Waals surface area (Å²) in [5.41, 5.74) is 1.45. The van der Waals surface area contributed by atoms with Gasteiger partial charge in [0.15, 0.2) is 0 Å². The molecule has 2 atom stereocenters. The van der Waals surface area contributed by atoms with E-state index in [0.29, 0.717) is 11.3 Å². The number of piperidine rings is 1. The van der Waals surface area contributed by atoms with E-state index in [1.807, 2.05) is 18.2 Å². The van der Waals surface area contributed by atoms with Crippen LogP contribution in [0.15, 0.2) is 24.3 Å². The standard InChI is InChI=1S/C20H30N2O2/c1-14(2)17(12-15-6-4-5-7-18(15)24-3)22-19(23)16-13-20(16)8-10-21-11-9-20/h4-7,14,16-17,21H,8-13H2,1-3H3,(H,22,23). The Balaban J connectivity index is 1.63. The Labute approximate surface area is 145 Å². The fourth-order valence-corrected chi connectivity index (χ4v) is 4.04. The number of para-hydroxylation sites is 1. The molecule has 0 radical (unpaired) electrons. The molecular formula is C20H30N2O2. The van der Waals surface area contributed by atoms with E-state index in [-0.39, 0.29) is 17.9 Å². The maximum absolute atomic E-state index is 12.8. The van der Waals surface area contributed by atoms with Crippen LogP contribution >= 0.6 is 0 Å².